The summed E-state index contributed by atoms with van der Waals surface area (Å²) in [6.45, 7) is 14.8. The number of ketones is 1. The zero-order chi connectivity index (χ0) is 32.0. The monoisotopic (exact) mass is 804 g/mol. The Morgan fingerprint density at radius 1 is 0.978 bits per heavy atom. The molecular formula is C38H44FIrN2O2S-. The van der Waals surface area contributed by atoms with Gasteiger partial charge in [0.15, 0.2) is 5.78 Å². The van der Waals surface area contributed by atoms with Crippen molar-refractivity contribution in [2.45, 2.75) is 80.6 Å². The molecule has 4 nitrogen and oxygen atoms in total. The second-order valence-electron chi connectivity index (χ2n) is 12.6. The molecule has 241 valence electrons. The first-order valence-corrected chi connectivity index (χ1v) is 16.5. The van der Waals surface area contributed by atoms with Gasteiger partial charge in [-0.15, -0.1) is 28.9 Å². The molecule has 0 saturated carbocycles. The Kier molecular flexibility index (Phi) is 13.0. The van der Waals surface area contributed by atoms with E-state index in [4.69, 9.17) is 0 Å². The van der Waals surface area contributed by atoms with Gasteiger partial charge in [0.2, 0.25) is 0 Å². The van der Waals surface area contributed by atoms with Crippen LogP contribution in [0.1, 0.15) is 79.7 Å². The third-order valence-electron chi connectivity index (χ3n) is 8.11. The number of carbonyl (C=O) groups is 1. The maximum Gasteiger partial charge on any atom is 0.162 e. The molecule has 1 radical (unpaired) electrons. The number of aliphatic hydroxyl groups excluding tert-OH is 1. The number of thiophene rings is 1. The first kappa shape index (κ1) is 36.5. The average Bonchev–Trinajstić information content (AvgIpc) is 3.35. The van der Waals surface area contributed by atoms with E-state index in [9.17, 15) is 14.3 Å². The summed E-state index contributed by atoms with van der Waals surface area (Å²) in [6.07, 6.45) is 7.43. The molecule has 0 atom stereocenters. The first-order valence-electron chi connectivity index (χ1n) is 15.7. The Labute approximate surface area is 284 Å². The molecule has 7 heteroatoms. The van der Waals surface area contributed by atoms with E-state index >= 15 is 0 Å². The molecule has 0 unspecified atom stereocenters. The fourth-order valence-corrected chi connectivity index (χ4v) is 6.83. The number of allylic oxidation sites excluding steroid dienone is 2. The third-order valence-corrected chi connectivity index (χ3v) is 9.26. The molecule has 0 bridgehead atoms. The molecule has 0 saturated heterocycles. The van der Waals surface area contributed by atoms with Crippen molar-refractivity contribution >= 4 is 48.2 Å². The van der Waals surface area contributed by atoms with Crippen LogP contribution >= 0.6 is 11.3 Å². The summed E-state index contributed by atoms with van der Waals surface area (Å²) >= 11 is 1.63. The summed E-state index contributed by atoms with van der Waals surface area (Å²) in [5.74, 6) is 0.237. The Hall–Kier alpha value is -2.99. The molecule has 45 heavy (non-hydrogen) atoms. The van der Waals surface area contributed by atoms with E-state index < -0.39 is 0 Å². The Morgan fingerprint density at radius 2 is 1.64 bits per heavy atom. The summed E-state index contributed by atoms with van der Waals surface area (Å²) < 4.78 is 17.0. The van der Waals surface area contributed by atoms with Gasteiger partial charge in [0, 0.05) is 58.5 Å². The fourth-order valence-electron chi connectivity index (χ4n) is 5.61. The van der Waals surface area contributed by atoms with Gasteiger partial charge in [0.1, 0.15) is 6.33 Å². The van der Waals surface area contributed by atoms with E-state index in [2.05, 4.69) is 55.0 Å². The number of hydrogen-bond donors (Lipinski definition) is 1. The summed E-state index contributed by atoms with van der Waals surface area (Å²) in [5, 5.41) is 12.6. The second-order valence-corrected chi connectivity index (χ2v) is 13.7. The van der Waals surface area contributed by atoms with E-state index in [1.807, 2.05) is 52.0 Å². The minimum atomic E-state index is -0.311. The molecule has 0 aliphatic rings. The zero-order valence-corrected chi connectivity index (χ0v) is 30.5. The maximum atomic E-state index is 15.0. The van der Waals surface area contributed by atoms with Crippen LogP contribution in [0.3, 0.4) is 0 Å². The number of aromatic nitrogens is 2. The number of fused-ring (bicyclic) bond motifs is 4. The van der Waals surface area contributed by atoms with Gasteiger partial charge in [0.25, 0.3) is 0 Å². The fraction of sp³-hybridized carbons (Fsp3) is 0.395. The van der Waals surface area contributed by atoms with E-state index in [1.54, 1.807) is 17.4 Å². The SMILES string of the molecule is CC(C)(C)Cc1ccc2c(c1)sc1c(-c3[c-]c4ccccc4cc3F)ncnc12.CCC(CC)C(=O)/C=C(\O)C(CC)CC.[Ir]. The average molecular weight is 804 g/mol. The summed E-state index contributed by atoms with van der Waals surface area (Å²) in [6, 6.07) is 19.0. The summed E-state index contributed by atoms with van der Waals surface area (Å²) in [5.41, 5.74) is 3.40. The third kappa shape index (κ3) is 8.84. The van der Waals surface area contributed by atoms with Gasteiger partial charge in [-0.3, -0.25) is 14.2 Å². The molecule has 3 aromatic carbocycles. The summed E-state index contributed by atoms with van der Waals surface area (Å²) in [7, 11) is 0. The van der Waals surface area contributed by atoms with Gasteiger partial charge in [-0.1, -0.05) is 95.8 Å². The maximum absolute atomic E-state index is 15.0. The van der Waals surface area contributed by atoms with Crippen LogP contribution < -0.4 is 0 Å². The number of aliphatic hydroxyl groups is 1. The van der Waals surface area contributed by atoms with Gasteiger partial charge in [-0.2, -0.15) is 0 Å². The van der Waals surface area contributed by atoms with E-state index in [1.165, 1.54) is 18.0 Å². The first-order chi connectivity index (χ1) is 21.0. The Bertz CT molecular complexity index is 1780. The molecule has 5 rings (SSSR count). The molecule has 0 fully saturated rings. The van der Waals surface area contributed by atoms with Crippen LogP contribution in [-0.2, 0) is 31.3 Å². The molecule has 5 aromatic rings. The normalized spacial score (nSPS) is 12.1. The van der Waals surface area contributed by atoms with Crippen molar-refractivity contribution in [3.05, 3.63) is 84.1 Å². The molecule has 2 heterocycles. The summed E-state index contributed by atoms with van der Waals surface area (Å²) in [4.78, 5) is 20.7. The number of nitrogens with zero attached hydrogens (tertiary/aromatic N) is 2. The quantitative estimate of drug-likeness (QED) is 0.0916. The molecule has 1 N–H and O–H groups in total. The van der Waals surface area contributed by atoms with Crippen molar-refractivity contribution in [1.29, 1.82) is 0 Å². The van der Waals surface area contributed by atoms with Crippen molar-refractivity contribution in [2.75, 3.05) is 0 Å². The van der Waals surface area contributed by atoms with Gasteiger partial charge in [0.05, 0.1) is 17.1 Å². The van der Waals surface area contributed by atoms with Crippen molar-refractivity contribution in [2.24, 2.45) is 17.3 Å². The topological polar surface area (TPSA) is 63.1 Å². The Morgan fingerprint density at radius 3 is 2.29 bits per heavy atom. The van der Waals surface area contributed by atoms with Crippen molar-refractivity contribution in [1.82, 2.24) is 9.97 Å². The molecule has 0 amide bonds. The number of carbonyl (C=O) groups excluding carboxylic acids is 1. The van der Waals surface area contributed by atoms with Crippen molar-refractivity contribution < 1.29 is 34.4 Å². The number of hydrogen-bond acceptors (Lipinski definition) is 5. The van der Waals surface area contributed by atoms with Gasteiger partial charge in [-0.25, -0.2) is 4.98 Å². The predicted octanol–water partition coefficient (Wildman–Crippen LogP) is 11.1. The van der Waals surface area contributed by atoms with Crippen LogP contribution in [0, 0.1) is 29.1 Å². The molecular weight excluding hydrogens is 760 g/mol. The molecule has 0 spiro atoms. The van der Waals surface area contributed by atoms with E-state index in [0.29, 0.717) is 11.3 Å². The van der Waals surface area contributed by atoms with Gasteiger partial charge in [-0.05, 0) is 49.1 Å². The molecule has 0 aliphatic heterocycles. The zero-order valence-electron chi connectivity index (χ0n) is 27.3. The van der Waals surface area contributed by atoms with Crippen LogP contribution in [0.5, 0.6) is 0 Å². The molecule has 0 aliphatic carbocycles. The van der Waals surface area contributed by atoms with Crippen LogP contribution in [0.2, 0.25) is 0 Å². The molecule has 2 aromatic heterocycles. The van der Waals surface area contributed by atoms with Crippen molar-refractivity contribution in [3.63, 3.8) is 0 Å². The second kappa shape index (κ2) is 16.0. The van der Waals surface area contributed by atoms with Gasteiger partial charge < -0.3 is 5.11 Å². The minimum Gasteiger partial charge on any atom is -0.512 e. The predicted molar refractivity (Wildman–Crippen MR) is 184 cm³/mol. The van der Waals surface area contributed by atoms with Crippen LogP contribution in [0.4, 0.5) is 4.39 Å². The minimum absolute atomic E-state index is 0. The largest absolute Gasteiger partial charge is 0.512 e. The van der Waals surface area contributed by atoms with Crippen molar-refractivity contribution in [3.8, 4) is 11.3 Å². The van der Waals surface area contributed by atoms with Crippen LogP contribution in [0.25, 0.3) is 42.3 Å². The van der Waals surface area contributed by atoms with Crippen LogP contribution in [-0.4, -0.2) is 20.9 Å². The Balaban J connectivity index is 0.000000297. The standard InChI is InChI=1S/C25H20FN2S.C13H24O2.Ir/c1-25(2,3)13-15-8-9-18-21(10-15)29-24-22(18)27-14-28-23(24)19-11-16-6-4-5-7-17(16)12-20(19)26;1-5-10(6-2)12(14)9-13(15)11(7-3)8-4;/h4-10,12,14H,13H2,1-3H3;9-11,14H,5-8H2,1-4H3;/q-1;;/b;12-9-;. The van der Waals surface area contributed by atoms with E-state index in [0.717, 1.165) is 63.2 Å². The number of halogens is 1. The number of benzene rings is 3. The van der Waals surface area contributed by atoms with E-state index in [-0.39, 0.29) is 54.7 Å². The van der Waals surface area contributed by atoms with Gasteiger partial charge >= 0.3 is 0 Å². The number of rotatable bonds is 9. The van der Waals surface area contributed by atoms with Crippen LogP contribution in [0.15, 0.2) is 66.7 Å². The smallest absolute Gasteiger partial charge is 0.162 e.